The molecule has 0 atom stereocenters. The Balaban J connectivity index is 1.11. The van der Waals surface area contributed by atoms with Crippen molar-refractivity contribution in [3.63, 3.8) is 0 Å². The Morgan fingerprint density at radius 2 is 0.825 bits per heavy atom. The van der Waals surface area contributed by atoms with Crippen LogP contribution in [0.5, 0.6) is 0 Å². The normalized spacial score (nSPS) is 11.5. The summed E-state index contributed by atoms with van der Waals surface area (Å²) in [6, 6.07) is 66.3. The van der Waals surface area contributed by atoms with E-state index in [2.05, 4.69) is 114 Å². The molecule has 268 valence electrons. The van der Waals surface area contributed by atoms with E-state index in [1.165, 1.54) is 5.56 Å². The second-order valence-corrected chi connectivity index (χ2v) is 14.0. The monoisotopic (exact) mass is 732 g/mol. The molecule has 0 aliphatic rings. The number of benzene rings is 8. The van der Waals surface area contributed by atoms with Crippen LogP contribution in [-0.2, 0) is 0 Å². The summed E-state index contributed by atoms with van der Waals surface area (Å²) >= 11 is 0. The van der Waals surface area contributed by atoms with E-state index >= 15 is 0 Å². The summed E-state index contributed by atoms with van der Waals surface area (Å²) < 4.78 is 13.3. The van der Waals surface area contributed by atoms with Gasteiger partial charge in [-0.25, -0.2) is 15.0 Å². The van der Waals surface area contributed by atoms with E-state index < -0.39 is 0 Å². The van der Waals surface area contributed by atoms with Crippen molar-refractivity contribution in [2.75, 3.05) is 4.90 Å². The predicted octanol–water partition coefficient (Wildman–Crippen LogP) is 13.8. The van der Waals surface area contributed by atoms with Crippen LogP contribution in [0.4, 0.5) is 17.1 Å². The third-order valence-corrected chi connectivity index (χ3v) is 10.5. The minimum absolute atomic E-state index is 0.509. The van der Waals surface area contributed by atoms with Gasteiger partial charge in [0, 0.05) is 33.1 Å². The van der Waals surface area contributed by atoms with Gasteiger partial charge >= 0.3 is 0 Å². The van der Waals surface area contributed by atoms with E-state index in [4.69, 9.17) is 23.8 Å². The van der Waals surface area contributed by atoms with Crippen molar-refractivity contribution in [3.05, 3.63) is 194 Å². The van der Waals surface area contributed by atoms with Crippen LogP contribution in [0.2, 0.25) is 0 Å². The third kappa shape index (κ3) is 5.62. The van der Waals surface area contributed by atoms with Gasteiger partial charge in [0.2, 0.25) is 0 Å². The molecule has 11 aromatic rings. The zero-order valence-electron chi connectivity index (χ0n) is 30.6. The molecule has 0 aliphatic carbocycles. The number of fused-ring (bicyclic) bond motifs is 6. The largest absolute Gasteiger partial charge is 0.455 e. The Hall–Kier alpha value is -7.83. The van der Waals surface area contributed by atoms with Crippen molar-refractivity contribution in [1.82, 2.24) is 15.0 Å². The summed E-state index contributed by atoms with van der Waals surface area (Å²) in [5.41, 5.74) is 10.9. The number of anilines is 3. The summed E-state index contributed by atoms with van der Waals surface area (Å²) in [7, 11) is 0. The summed E-state index contributed by atoms with van der Waals surface area (Å²) in [4.78, 5) is 17.6. The minimum Gasteiger partial charge on any atom is -0.455 e. The van der Waals surface area contributed by atoms with Gasteiger partial charge in [-0.3, -0.25) is 0 Å². The van der Waals surface area contributed by atoms with E-state index in [1.54, 1.807) is 0 Å². The molecule has 0 bridgehead atoms. The van der Waals surface area contributed by atoms with Gasteiger partial charge in [0.05, 0.1) is 22.2 Å². The van der Waals surface area contributed by atoms with Gasteiger partial charge in [0.15, 0.2) is 17.5 Å². The Labute approximate surface area is 328 Å². The van der Waals surface area contributed by atoms with Gasteiger partial charge in [-0.2, -0.15) is 0 Å². The molecular weight excluding hydrogens is 701 g/mol. The van der Waals surface area contributed by atoms with E-state index in [1.807, 2.05) is 84.9 Å². The fraction of sp³-hybridized carbons (Fsp3) is 0. The van der Waals surface area contributed by atoms with Crippen LogP contribution in [-0.4, -0.2) is 15.0 Å². The van der Waals surface area contributed by atoms with E-state index in [-0.39, 0.29) is 0 Å². The Morgan fingerprint density at radius 1 is 0.333 bits per heavy atom. The van der Waals surface area contributed by atoms with E-state index in [9.17, 15) is 0 Å². The lowest BCUT2D eigenvalue weighted by atomic mass is 10.0. The van der Waals surface area contributed by atoms with Crippen molar-refractivity contribution in [2.45, 2.75) is 0 Å². The maximum atomic E-state index is 6.83. The van der Waals surface area contributed by atoms with Crippen molar-refractivity contribution in [3.8, 4) is 45.3 Å². The van der Waals surface area contributed by atoms with Gasteiger partial charge in [-0.15, -0.1) is 0 Å². The molecule has 0 saturated heterocycles. The Kier molecular flexibility index (Phi) is 7.71. The molecule has 11 rings (SSSR count). The van der Waals surface area contributed by atoms with Crippen LogP contribution < -0.4 is 4.90 Å². The number of rotatable bonds is 7. The van der Waals surface area contributed by atoms with Crippen molar-refractivity contribution in [2.24, 2.45) is 0 Å². The van der Waals surface area contributed by atoms with Gasteiger partial charge in [0.1, 0.15) is 22.3 Å². The Morgan fingerprint density at radius 3 is 1.54 bits per heavy atom. The quantitative estimate of drug-likeness (QED) is 0.162. The first-order valence-corrected chi connectivity index (χ1v) is 18.9. The predicted molar refractivity (Wildman–Crippen MR) is 231 cm³/mol. The highest BCUT2D eigenvalue weighted by atomic mass is 16.3. The molecule has 0 aliphatic heterocycles. The van der Waals surface area contributed by atoms with Crippen LogP contribution >= 0.6 is 0 Å². The van der Waals surface area contributed by atoms with Gasteiger partial charge in [0.25, 0.3) is 0 Å². The molecule has 0 unspecified atom stereocenters. The molecule has 0 radical (unpaired) electrons. The molecule has 3 heterocycles. The zero-order valence-corrected chi connectivity index (χ0v) is 30.6. The SMILES string of the molecule is c1ccc(-c2ccc(N(c3ccccc3)c3cccc4oc5c(-c6nc(-c7ccccc7)nc(-c7cccc8c7oc7ccccc78)n6)cccc5c34)cc2)cc1. The van der Waals surface area contributed by atoms with Crippen LogP contribution in [0.3, 0.4) is 0 Å². The smallest absolute Gasteiger partial charge is 0.167 e. The molecule has 6 nitrogen and oxygen atoms in total. The highest BCUT2D eigenvalue weighted by Crippen LogP contribution is 2.45. The molecule has 0 fully saturated rings. The number of aromatic nitrogens is 3. The molecule has 0 amide bonds. The van der Waals surface area contributed by atoms with Gasteiger partial charge < -0.3 is 13.7 Å². The van der Waals surface area contributed by atoms with Gasteiger partial charge in [-0.1, -0.05) is 140 Å². The Bertz CT molecular complexity index is 3230. The van der Waals surface area contributed by atoms with Crippen LogP contribution in [0.15, 0.2) is 203 Å². The first-order valence-electron chi connectivity index (χ1n) is 18.9. The first kappa shape index (κ1) is 32.6. The number of hydrogen-bond acceptors (Lipinski definition) is 6. The van der Waals surface area contributed by atoms with E-state index in [0.29, 0.717) is 23.1 Å². The van der Waals surface area contributed by atoms with Crippen LogP contribution in [0, 0.1) is 0 Å². The second-order valence-electron chi connectivity index (χ2n) is 14.0. The summed E-state index contributed by atoms with van der Waals surface area (Å²) in [5.74, 6) is 1.59. The fourth-order valence-corrected chi connectivity index (χ4v) is 7.89. The summed E-state index contributed by atoms with van der Waals surface area (Å²) in [6.45, 7) is 0. The summed E-state index contributed by atoms with van der Waals surface area (Å²) in [6.07, 6.45) is 0. The molecule has 57 heavy (non-hydrogen) atoms. The molecule has 0 N–H and O–H groups in total. The lowest BCUT2D eigenvalue weighted by molar-refractivity contribution is 0.669. The fourth-order valence-electron chi connectivity index (χ4n) is 7.89. The molecule has 8 aromatic carbocycles. The topological polar surface area (TPSA) is 68.2 Å². The zero-order chi connectivity index (χ0) is 37.7. The first-order chi connectivity index (χ1) is 28.3. The summed E-state index contributed by atoms with van der Waals surface area (Å²) in [5, 5.41) is 4.01. The molecule has 0 spiro atoms. The lowest BCUT2D eigenvalue weighted by Gasteiger charge is -2.26. The average molecular weight is 733 g/mol. The molecule has 0 saturated carbocycles. The number of hydrogen-bond donors (Lipinski definition) is 0. The standard InChI is InChI=1S/C51H32N4O2/c1-4-15-33(16-5-1)34-29-31-37(32-30-34)55(36-19-8-3-9-20-36)43-26-14-28-45-46(43)40-23-13-25-42(48(40)57-45)51-53-49(35-17-6-2-7-18-35)52-50(54-51)41-24-12-22-39-38-21-10-11-27-44(38)56-47(39)41/h1-32H. The average Bonchev–Trinajstić information content (AvgIpc) is 3.87. The highest BCUT2D eigenvalue weighted by molar-refractivity contribution is 6.16. The van der Waals surface area contributed by atoms with Crippen LogP contribution in [0.25, 0.3) is 89.2 Å². The van der Waals surface area contributed by atoms with Crippen molar-refractivity contribution >= 4 is 60.9 Å². The van der Waals surface area contributed by atoms with E-state index in [0.717, 1.165) is 77.6 Å². The second kappa shape index (κ2) is 13.5. The minimum atomic E-state index is 0.509. The van der Waals surface area contributed by atoms with Gasteiger partial charge in [-0.05, 0) is 65.7 Å². The van der Waals surface area contributed by atoms with Crippen molar-refractivity contribution < 1.29 is 8.83 Å². The molecular formula is C51H32N4O2. The maximum absolute atomic E-state index is 6.83. The van der Waals surface area contributed by atoms with Crippen LogP contribution in [0.1, 0.15) is 0 Å². The third-order valence-electron chi connectivity index (χ3n) is 10.5. The highest BCUT2D eigenvalue weighted by Gasteiger charge is 2.23. The number of furan rings is 2. The lowest BCUT2D eigenvalue weighted by Crippen LogP contribution is -2.10. The molecule has 3 aromatic heterocycles. The van der Waals surface area contributed by atoms with Crippen molar-refractivity contribution in [1.29, 1.82) is 0 Å². The maximum Gasteiger partial charge on any atom is 0.167 e. The number of nitrogens with zero attached hydrogens (tertiary/aromatic N) is 4. The number of para-hydroxylation sites is 4. The molecule has 6 heteroatoms.